The molecule has 0 aliphatic carbocycles. The van der Waals surface area contributed by atoms with Crippen LogP contribution in [-0.2, 0) is 10.0 Å². The molecule has 23 heavy (non-hydrogen) atoms. The van der Waals surface area contributed by atoms with E-state index < -0.39 is 38.0 Å². The number of nitrogens with one attached hydrogen (secondary N) is 1. The van der Waals surface area contributed by atoms with Crippen LogP contribution in [0.2, 0.25) is 5.02 Å². The number of halogens is 4. The first-order chi connectivity index (χ1) is 10.5. The van der Waals surface area contributed by atoms with Crippen molar-refractivity contribution >= 4 is 21.6 Å². The second kappa shape index (κ2) is 5.87. The highest BCUT2D eigenvalue weighted by Gasteiger charge is 2.33. The van der Waals surface area contributed by atoms with E-state index in [0.717, 1.165) is 30.6 Å². The molecule has 0 bridgehead atoms. The number of sulfonamides is 1. The number of hydrogen-bond donors (Lipinski definition) is 2. The van der Waals surface area contributed by atoms with E-state index in [-0.39, 0.29) is 10.6 Å². The Kier molecular flexibility index (Phi) is 4.42. The molecule has 0 unspecified atom stereocenters. The predicted molar refractivity (Wildman–Crippen MR) is 75.6 cm³/mol. The Morgan fingerprint density at radius 1 is 1.17 bits per heavy atom. The summed E-state index contributed by atoms with van der Waals surface area (Å²) in [5.74, 6) is -0.766. The number of pyridine rings is 1. The molecule has 0 radical (unpaired) electrons. The topological polar surface area (TPSA) is 102 Å². The highest BCUT2D eigenvalue weighted by molar-refractivity contribution is 7.89. The standard InChI is InChI=1S/C12H8ClF3N2O4S/c13-9-5-18-4-8(11(9)19)7-3-6(23(17,20)21)1-2-10(7)22-12(14,15)16/h1-5H,(H,18,19)(H2,17,20,21). The van der Waals surface area contributed by atoms with Crippen LogP contribution in [0.5, 0.6) is 5.75 Å². The second-order valence-corrected chi connectivity index (χ2v) is 6.27. The fraction of sp³-hybridized carbons (Fsp3) is 0.0833. The molecule has 2 rings (SSSR count). The van der Waals surface area contributed by atoms with Gasteiger partial charge in [0, 0.05) is 18.0 Å². The summed E-state index contributed by atoms with van der Waals surface area (Å²) in [7, 11) is -4.20. The van der Waals surface area contributed by atoms with Crippen molar-refractivity contribution in [3.63, 3.8) is 0 Å². The molecule has 0 fully saturated rings. The number of nitrogens with two attached hydrogens (primary N) is 1. The van der Waals surface area contributed by atoms with Gasteiger partial charge in [-0.3, -0.25) is 4.79 Å². The van der Waals surface area contributed by atoms with Gasteiger partial charge in [-0.1, -0.05) is 11.6 Å². The maximum atomic E-state index is 12.5. The molecular formula is C12H8ClF3N2O4S. The van der Waals surface area contributed by atoms with Gasteiger partial charge in [0.1, 0.15) is 10.8 Å². The van der Waals surface area contributed by atoms with Gasteiger partial charge in [-0.05, 0) is 18.2 Å². The van der Waals surface area contributed by atoms with Crippen LogP contribution in [0.25, 0.3) is 11.1 Å². The highest BCUT2D eigenvalue weighted by Crippen LogP contribution is 2.34. The number of alkyl halides is 3. The van der Waals surface area contributed by atoms with Crippen molar-refractivity contribution in [1.82, 2.24) is 4.98 Å². The van der Waals surface area contributed by atoms with Crippen molar-refractivity contribution < 1.29 is 26.3 Å². The average Bonchev–Trinajstić information content (AvgIpc) is 2.39. The zero-order chi connectivity index (χ0) is 17.4. The second-order valence-electron chi connectivity index (χ2n) is 4.30. The van der Waals surface area contributed by atoms with Crippen LogP contribution in [0, 0.1) is 0 Å². The minimum Gasteiger partial charge on any atom is -0.405 e. The summed E-state index contributed by atoms with van der Waals surface area (Å²) in [6, 6.07) is 2.39. The van der Waals surface area contributed by atoms with Crippen molar-refractivity contribution in [1.29, 1.82) is 0 Å². The SMILES string of the molecule is NS(=O)(=O)c1ccc(OC(F)(F)F)c(-c2c[nH]cc(Cl)c2=O)c1. The number of H-pyrrole nitrogens is 1. The number of aromatic nitrogens is 1. The van der Waals surface area contributed by atoms with E-state index in [4.69, 9.17) is 16.7 Å². The van der Waals surface area contributed by atoms with Crippen molar-refractivity contribution in [2.45, 2.75) is 11.3 Å². The van der Waals surface area contributed by atoms with Crippen LogP contribution in [0.15, 0.2) is 40.3 Å². The molecule has 6 nitrogen and oxygen atoms in total. The lowest BCUT2D eigenvalue weighted by molar-refractivity contribution is -0.274. The zero-order valence-electron chi connectivity index (χ0n) is 11.0. The first-order valence-corrected chi connectivity index (χ1v) is 7.71. The number of benzene rings is 1. The molecule has 0 atom stereocenters. The van der Waals surface area contributed by atoms with Gasteiger partial charge in [-0.25, -0.2) is 13.6 Å². The van der Waals surface area contributed by atoms with Gasteiger partial charge in [0.25, 0.3) is 0 Å². The minimum absolute atomic E-state index is 0.290. The van der Waals surface area contributed by atoms with E-state index in [0.29, 0.717) is 0 Å². The maximum Gasteiger partial charge on any atom is 0.573 e. The first-order valence-electron chi connectivity index (χ1n) is 5.78. The Labute approximate surface area is 132 Å². The molecule has 11 heteroatoms. The fourth-order valence-corrected chi connectivity index (χ4v) is 2.47. The molecule has 0 saturated carbocycles. The molecular weight excluding hydrogens is 361 g/mol. The predicted octanol–water partition coefficient (Wildman–Crippen LogP) is 2.24. The quantitative estimate of drug-likeness (QED) is 0.867. The summed E-state index contributed by atoms with van der Waals surface area (Å²) >= 11 is 5.63. The molecule has 3 N–H and O–H groups in total. The molecule has 0 aliphatic heterocycles. The molecule has 0 amide bonds. The molecule has 0 saturated heterocycles. The zero-order valence-corrected chi connectivity index (χ0v) is 12.6. The normalized spacial score (nSPS) is 12.2. The molecule has 2 aromatic rings. The van der Waals surface area contributed by atoms with Crippen molar-refractivity contribution in [2.24, 2.45) is 5.14 Å². The van der Waals surface area contributed by atoms with E-state index in [1.165, 1.54) is 0 Å². The monoisotopic (exact) mass is 368 g/mol. The number of rotatable bonds is 3. The summed E-state index contributed by atoms with van der Waals surface area (Å²) in [6.45, 7) is 0. The van der Waals surface area contributed by atoms with Crippen LogP contribution in [0.1, 0.15) is 0 Å². The van der Waals surface area contributed by atoms with Crippen molar-refractivity contribution in [3.8, 4) is 16.9 Å². The summed E-state index contributed by atoms with van der Waals surface area (Å²) in [6.07, 6.45) is -2.84. The van der Waals surface area contributed by atoms with Gasteiger partial charge in [-0.2, -0.15) is 0 Å². The number of ether oxygens (including phenoxy) is 1. The average molecular weight is 369 g/mol. The summed E-state index contributed by atoms with van der Waals surface area (Å²) < 4.78 is 64.0. The Balaban J connectivity index is 2.76. The summed E-state index contributed by atoms with van der Waals surface area (Å²) in [5, 5.41) is 4.66. The Bertz CT molecular complexity index is 909. The lowest BCUT2D eigenvalue weighted by Crippen LogP contribution is -2.19. The minimum atomic E-state index is -5.04. The van der Waals surface area contributed by atoms with Gasteiger partial charge in [-0.15, -0.1) is 13.2 Å². The molecule has 0 spiro atoms. The Hall–Kier alpha value is -2.04. The number of aromatic amines is 1. The van der Waals surface area contributed by atoms with Crippen LogP contribution >= 0.6 is 11.6 Å². The van der Waals surface area contributed by atoms with Gasteiger partial charge >= 0.3 is 6.36 Å². The van der Waals surface area contributed by atoms with Gasteiger partial charge in [0.05, 0.1) is 10.5 Å². The molecule has 0 aliphatic rings. The summed E-state index contributed by atoms with van der Waals surface area (Å²) in [4.78, 5) is 14.0. The van der Waals surface area contributed by atoms with Crippen LogP contribution in [0.3, 0.4) is 0 Å². The fourth-order valence-electron chi connectivity index (χ4n) is 1.77. The van der Waals surface area contributed by atoms with Gasteiger partial charge < -0.3 is 9.72 Å². The smallest absolute Gasteiger partial charge is 0.405 e. The molecule has 1 aromatic carbocycles. The van der Waals surface area contributed by atoms with Gasteiger partial charge in [0.15, 0.2) is 0 Å². The van der Waals surface area contributed by atoms with E-state index >= 15 is 0 Å². The van der Waals surface area contributed by atoms with E-state index in [9.17, 15) is 26.4 Å². The van der Waals surface area contributed by atoms with E-state index in [1.807, 2.05) is 0 Å². The molecule has 1 aromatic heterocycles. The third kappa shape index (κ3) is 4.03. The summed E-state index contributed by atoms with van der Waals surface area (Å²) in [5.41, 5.74) is -1.52. The third-order valence-corrected chi connectivity index (χ3v) is 3.89. The van der Waals surface area contributed by atoms with E-state index in [1.54, 1.807) is 0 Å². The third-order valence-electron chi connectivity index (χ3n) is 2.69. The lowest BCUT2D eigenvalue weighted by atomic mass is 10.1. The van der Waals surface area contributed by atoms with Crippen LogP contribution in [-0.4, -0.2) is 19.8 Å². The van der Waals surface area contributed by atoms with E-state index in [2.05, 4.69) is 9.72 Å². The highest BCUT2D eigenvalue weighted by atomic mass is 35.5. The van der Waals surface area contributed by atoms with Gasteiger partial charge in [0.2, 0.25) is 15.5 Å². The molecule has 124 valence electrons. The van der Waals surface area contributed by atoms with Crippen molar-refractivity contribution in [3.05, 3.63) is 45.8 Å². The Morgan fingerprint density at radius 2 is 1.83 bits per heavy atom. The lowest BCUT2D eigenvalue weighted by Gasteiger charge is -2.14. The number of hydrogen-bond acceptors (Lipinski definition) is 4. The maximum absolute atomic E-state index is 12.5. The largest absolute Gasteiger partial charge is 0.573 e. The number of primary sulfonamides is 1. The van der Waals surface area contributed by atoms with Crippen LogP contribution in [0.4, 0.5) is 13.2 Å². The molecule has 1 heterocycles. The first kappa shape index (κ1) is 17.3. The van der Waals surface area contributed by atoms with Crippen LogP contribution < -0.4 is 15.3 Å². The Morgan fingerprint density at radius 3 is 2.39 bits per heavy atom. The van der Waals surface area contributed by atoms with Crippen molar-refractivity contribution in [2.75, 3.05) is 0 Å².